The topological polar surface area (TPSA) is 74.8 Å². The molecule has 0 aliphatic rings. The molecule has 5 nitrogen and oxygen atoms in total. The fraction of sp³-hybridized carbons (Fsp3) is 0.136. The summed E-state index contributed by atoms with van der Waals surface area (Å²) in [4.78, 5) is 6.34. The van der Waals surface area contributed by atoms with Crippen LogP contribution in [0.4, 0.5) is 30.7 Å². The van der Waals surface area contributed by atoms with Crippen molar-refractivity contribution >= 4 is 33.5 Å². The lowest BCUT2D eigenvalue weighted by Crippen LogP contribution is -2.11. The second-order valence-corrected chi connectivity index (χ2v) is 8.83. The van der Waals surface area contributed by atoms with Gasteiger partial charge in [0.2, 0.25) is 10.9 Å². The maximum atomic E-state index is 14.4. The van der Waals surface area contributed by atoms with Gasteiger partial charge < -0.3 is 4.98 Å². The van der Waals surface area contributed by atoms with E-state index < -0.39 is 51.2 Å². The average Bonchev–Trinajstić information content (AvgIpc) is 3.20. The van der Waals surface area contributed by atoms with Crippen molar-refractivity contribution < 1.29 is 39.2 Å². The fourth-order valence-corrected chi connectivity index (χ4v) is 4.13. The quantitative estimate of drug-likeness (QED) is 0.200. The summed E-state index contributed by atoms with van der Waals surface area (Å²) in [6, 6.07) is 8.70. The number of hydrogen-bond donors (Lipinski definition) is 3. The molecule has 0 amide bonds. The van der Waals surface area contributed by atoms with E-state index in [1.807, 2.05) is 0 Å². The van der Waals surface area contributed by atoms with E-state index in [1.54, 1.807) is 0 Å². The number of halogens is 8. The summed E-state index contributed by atoms with van der Waals surface area (Å²) in [5, 5.41) is 0.0629. The number of alkyl halides is 6. The lowest BCUT2D eigenvalue weighted by molar-refractivity contribution is -0.142. The lowest BCUT2D eigenvalue weighted by atomic mass is 10.0. The number of benzene rings is 3. The molecule has 0 fully saturated rings. The molecule has 4 rings (SSSR count). The number of aromatic amines is 1. The number of imidazole rings is 1. The summed E-state index contributed by atoms with van der Waals surface area (Å²) in [6.45, 7) is -0.250. The second kappa shape index (κ2) is 9.37. The van der Waals surface area contributed by atoms with Crippen LogP contribution in [0.2, 0.25) is 5.02 Å². The highest BCUT2D eigenvalue weighted by molar-refractivity contribution is 7.70. The molecule has 0 spiro atoms. The molecule has 0 saturated heterocycles. The van der Waals surface area contributed by atoms with Gasteiger partial charge in [-0.05, 0) is 29.8 Å². The minimum atomic E-state index is -5.08. The van der Waals surface area contributed by atoms with Crippen molar-refractivity contribution in [2.45, 2.75) is 18.9 Å². The Bertz CT molecular complexity index is 1540. The van der Waals surface area contributed by atoms with Crippen LogP contribution in [0.15, 0.2) is 48.5 Å². The van der Waals surface area contributed by atoms with Crippen LogP contribution in [0, 0.1) is 5.82 Å². The first kappa shape index (κ1) is 25.9. The van der Waals surface area contributed by atoms with Crippen LogP contribution in [-0.2, 0) is 29.8 Å². The van der Waals surface area contributed by atoms with E-state index in [4.69, 9.17) is 11.6 Å². The van der Waals surface area contributed by atoms with Crippen LogP contribution in [0.25, 0.3) is 33.5 Å². The highest BCUT2D eigenvalue weighted by Crippen LogP contribution is 2.40. The van der Waals surface area contributed by atoms with Gasteiger partial charge in [0.1, 0.15) is 17.2 Å². The Balaban J connectivity index is 1.73. The summed E-state index contributed by atoms with van der Waals surface area (Å²) >= 11 is 6.31. The van der Waals surface area contributed by atoms with Gasteiger partial charge in [0.25, 0.3) is 0 Å². The van der Waals surface area contributed by atoms with Crippen molar-refractivity contribution in [1.82, 2.24) is 14.7 Å². The van der Waals surface area contributed by atoms with Gasteiger partial charge >= 0.3 is 12.4 Å². The maximum absolute atomic E-state index is 14.4. The standard InChI is InChI=1S/C22H13ClF7N3O2S/c23-16-5-11(3-4-14(16)10-1-2-12(17(24)6-10)9-31-36(34)35)20-32-18-8-13(21(25,26)27)7-15(19(18)33-20)22(28,29)30/h1-8,36H,9H2,(H,32,33)(H,31,34,35). The molecule has 36 heavy (non-hydrogen) atoms. The van der Waals surface area contributed by atoms with E-state index in [0.717, 1.165) is 6.07 Å². The number of thiol groups is 1. The molecule has 2 N–H and O–H groups in total. The van der Waals surface area contributed by atoms with Crippen molar-refractivity contribution in [2.24, 2.45) is 0 Å². The lowest BCUT2D eigenvalue weighted by Gasteiger charge is -2.11. The number of nitrogens with one attached hydrogen (secondary N) is 2. The highest BCUT2D eigenvalue weighted by Gasteiger charge is 2.39. The molecule has 0 unspecified atom stereocenters. The predicted molar refractivity (Wildman–Crippen MR) is 119 cm³/mol. The minimum Gasteiger partial charge on any atom is -0.338 e. The van der Waals surface area contributed by atoms with Crippen LogP contribution in [0.5, 0.6) is 0 Å². The Morgan fingerprint density at radius 3 is 2.19 bits per heavy atom. The molecule has 0 saturated carbocycles. The van der Waals surface area contributed by atoms with Gasteiger partial charge in [0.15, 0.2) is 0 Å². The van der Waals surface area contributed by atoms with Crippen LogP contribution in [0.1, 0.15) is 16.7 Å². The number of H-pyrrole nitrogens is 1. The molecule has 1 heterocycles. The molecule has 190 valence electrons. The molecular weight excluding hydrogens is 539 g/mol. The minimum absolute atomic E-state index is 0.00602. The normalized spacial score (nSPS) is 12.6. The number of aromatic nitrogens is 2. The van der Waals surface area contributed by atoms with Crippen molar-refractivity contribution in [3.8, 4) is 22.5 Å². The molecule has 1 aromatic heterocycles. The first-order chi connectivity index (χ1) is 16.7. The van der Waals surface area contributed by atoms with Gasteiger partial charge in [-0.3, -0.25) is 0 Å². The molecule has 0 radical (unpaired) electrons. The Labute approximate surface area is 205 Å². The zero-order valence-electron chi connectivity index (χ0n) is 17.6. The third-order valence-electron chi connectivity index (χ3n) is 5.22. The van der Waals surface area contributed by atoms with Gasteiger partial charge in [-0.2, -0.15) is 26.3 Å². The van der Waals surface area contributed by atoms with Gasteiger partial charge in [0, 0.05) is 28.3 Å². The summed E-state index contributed by atoms with van der Waals surface area (Å²) in [5.41, 5.74) is -3.21. The highest BCUT2D eigenvalue weighted by atomic mass is 35.5. The van der Waals surface area contributed by atoms with E-state index in [2.05, 4.69) is 14.7 Å². The smallest absolute Gasteiger partial charge is 0.338 e. The van der Waals surface area contributed by atoms with Crippen molar-refractivity contribution in [1.29, 1.82) is 0 Å². The Hall–Kier alpha value is -3.16. The molecule has 4 aromatic rings. The predicted octanol–water partition coefficient (Wildman–Crippen LogP) is 6.34. The average molecular weight is 552 g/mol. The molecule has 0 aliphatic carbocycles. The summed E-state index contributed by atoms with van der Waals surface area (Å²) < 4.78 is 117. The van der Waals surface area contributed by atoms with Crippen LogP contribution < -0.4 is 4.72 Å². The zero-order chi connectivity index (χ0) is 26.4. The molecule has 0 atom stereocenters. The number of nitrogens with zero attached hydrogens (tertiary/aromatic N) is 1. The Kier molecular flexibility index (Phi) is 6.75. The summed E-state index contributed by atoms with van der Waals surface area (Å²) in [5.74, 6) is -0.850. The number of hydrogen-bond acceptors (Lipinski definition) is 3. The van der Waals surface area contributed by atoms with E-state index in [0.29, 0.717) is 17.2 Å². The van der Waals surface area contributed by atoms with Crippen LogP contribution >= 0.6 is 11.6 Å². The largest absolute Gasteiger partial charge is 0.418 e. The van der Waals surface area contributed by atoms with Crippen LogP contribution in [-0.4, -0.2) is 18.4 Å². The van der Waals surface area contributed by atoms with Gasteiger partial charge in [-0.15, -0.1) is 0 Å². The first-order valence-electron chi connectivity index (χ1n) is 9.89. The van der Waals surface area contributed by atoms with E-state index in [9.17, 15) is 39.2 Å². The number of fused-ring (bicyclic) bond motifs is 1. The molecule has 0 bridgehead atoms. The maximum Gasteiger partial charge on any atom is 0.418 e. The first-order valence-corrected chi connectivity index (χ1v) is 11.4. The van der Waals surface area contributed by atoms with Gasteiger partial charge in [-0.1, -0.05) is 35.9 Å². The third kappa shape index (κ3) is 5.32. The fourth-order valence-electron chi connectivity index (χ4n) is 3.54. The Morgan fingerprint density at radius 1 is 0.917 bits per heavy atom. The zero-order valence-corrected chi connectivity index (χ0v) is 19.2. The SMILES string of the molecule is O=[SH](=O)NCc1ccc(-c2ccc(-c3nc4c(C(F)(F)F)cc(C(F)(F)F)cc4[nH]3)cc2Cl)cc1F. The number of rotatable bonds is 5. The molecule has 14 heteroatoms. The second-order valence-electron chi connectivity index (χ2n) is 7.59. The van der Waals surface area contributed by atoms with E-state index in [-0.39, 0.29) is 34.6 Å². The molecular formula is C22H13ClF7N3O2S. The van der Waals surface area contributed by atoms with E-state index in [1.165, 1.54) is 30.3 Å². The third-order valence-corrected chi connectivity index (χ3v) is 5.95. The van der Waals surface area contributed by atoms with Crippen molar-refractivity contribution in [2.75, 3.05) is 0 Å². The summed E-state index contributed by atoms with van der Waals surface area (Å²) in [7, 11) is -2.91. The van der Waals surface area contributed by atoms with Crippen molar-refractivity contribution in [3.63, 3.8) is 0 Å². The van der Waals surface area contributed by atoms with Gasteiger partial charge in [-0.25, -0.2) is 22.5 Å². The van der Waals surface area contributed by atoms with Crippen LogP contribution in [0.3, 0.4) is 0 Å². The Morgan fingerprint density at radius 2 is 1.61 bits per heavy atom. The molecule has 3 aromatic carbocycles. The van der Waals surface area contributed by atoms with Crippen molar-refractivity contribution in [3.05, 3.63) is 76.1 Å². The van der Waals surface area contributed by atoms with Gasteiger partial charge in [0.05, 0.1) is 16.6 Å². The summed E-state index contributed by atoms with van der Waals surface area (Å²) in [6.07, 6.45) is -10.1. The van der Waals surface area contributed by atoms with E-state index >= 15 is 0 Å². The molecule has 0 aliphatic heterocycles. The monoisotopic (exact) mass is 551 g/mol.